The molecule has 106 valence electrons. The minimum atomic E-state index is -0.0213. The smallest absolute Gasteiger partial charge is 0.252 e. The summed E-state index contributed by atoms with van der Waals surface area (Å²) in [5, 5.41) is 4.02. The molecule has 0 saturated heterocycles. The summed E-state index contributed by atoms with van der Waals surface area (Å²) in [6.45, 7) is 6.59. The van der Waals surface area contributed by atoms with Gasteiger partial charge in [-0.05, 0) is 31.7 Å². The zero-order valence-corrected chi connectivity index (χ0v) is 13.5. The number of carbonyl (C=O) groups is 1. The van der Waals surface area contributed by atoms with Crippen molar-refractivity contribution in [1.82, 2.24) is 10.3 Å². The van der Waals surface area contributed by atoms with Gasteiger partial charge in [0.2, 0.25) is 0 Å². The lowest BCUT2D eigenvalue weighted by Gasteiger charge is -2.08. The van der Waals surface area contributed by atoms with Crippen LogP contribution in [-0.4, -0.2) is 16.6 Å². The Balaban J connectivity index is 2.07. The molecule has 0 aliphatic rings. The van der Waals surface area contributed by atoms with Crippen LogP contribution in [0.4, 0.5) is 0 Å². The van der Waals surface area contributed by atoms with Gasteiger partial charge in [-0.2, -0.15) is 0 Å². The quantitative estimate of drug-likeness (QED) is 0.854. The number of amides is 1. The predicted octanol–water partition coefficient (Wildman–Crippen LogP) is 3.80. The van der Waals surface area contributed by atoms with Gasteiger partial charge in [0, 0.05) is 9.77 Å². The van der Waals surface area contributed by atoms with Crippen LogP contribution >= 0.6 is 23.1 Å². The number of hydrogen-bond donors (Lipinski definition) is 1. The fraction of sp³-hybridized carbons (Fsp3) is 0.333. The van der Waals surface area contributed by atoms with Crippen LogP contribution in [0.5, 0.6) is 0 Å². The van der Waals surface area contributed by atoms with E-state index < -0.39 is 0 Å². The molecule has 1 aromatic carbocycles. The SMILES string of the molecule is CCSc1ccccc1C(=O)NCc1sc(C)nc1C. The average Bonchev–Trinajstić information content (AvgIpc) is 2.75. The number of thiazole rings is 1. The van der Waals surface area contributed by atoms with Gasteiger partial charge in [0.15, 0.2) is 0 Å². The molecular formula is C15H18N2OS2. The maximum absolute atomic E-state index is 12.3. The number of thioether (sulfide) groups is 1. The number of carbonyl (C=O) groups excluding carboxylic acids is 1. The second kappa shape index (κ2) is 6.90. The number of aromatic nitrogens is 1. The zero-order chi connectivity index (χ0) is 14.5. The Bertz CT molecular complexity index is 608. The van der Waals surface area contributed by atoms with Gasteiger partial charge in [-0.3, -0.25) is 4.79 Å². The Morgan fingerprint density at radius 3 is 2.75 bits per heavy atom. The lowest BCUT2D eigenvalue weighted by molar-refractivity contribution is 0.0948. The zero-order valence-electron chi connectivity index (χ0n) is 11.9. The standard InChI is InChI=1S/C15H18N2OS2/c1-4-19-13-8-6-5-7-12(13)15(18)16-9-14-10(2)17-11(3)20-14/h5-8H,4,9H2,1-3H3,(H,16,18). The van der Waals surface area contributed by atoms with Crippen molar-refractivity contribution in [3.05, 3.63) is 45.4 Å². The van der Waals surface area contributed by atoms with Crippen LogP contribution in [0.1, 0.15) is 32.9 Å². The Labute approximate surface area is 127 Å². The summed E-state index contributed by atoms with van der Waals surface area (Å²) in [6.07, 6.45) is 0. The summed E-state index contributed by atoms with van der Waals surface area (Å²) in [4.78, 5) is 18.8. The van der Waals surface area contributed by atoms with E-state index in [0.717, 1.165) is 31.8 Å². The normalized spacial score (nSPS) is 10.6. The Morgan fingerprint density at radius 1 is 1.35 bits per heavy atom. The van der Waals surface area contributed by atoms with Crippen molar-refractivity contribution in [2.24, 2.45) is 0 Å². The first-order chi connectivity index (χ1) is 9.61. The van der Waals surface area contributed by atoms with Gasteiger partial charge in [0.1, 0.15) is 0 Å². The Morgan fingerprint density at radius 2 is 2.10 bits per heavy atom. The molecule has 5 heteroatoms. The molecule has 0 atom stereocenters. The van der Waals surface area contributed by atoms with Crippen molar-refractivity contribution in [3.8, 4) is 0 Å². The van der Waals surface area contributed by atoms with Gasteiger partial charge >= 0.3 is 0 Å². The third-order valence-corrected chi connectivity index (χ3v) is 4.87. The van der Waals surface area contributed by atoms with E-state index >= 15 is 0 Å². The predicted molar refractivity (Wildman–Crippen MR) is 85.6 cm³/mol. The summed E-state index contributed by atoms with van der Waals surface area (Å²) in [5.41, 5.74) is 1.75. The minimum Gasteiger partial charge on any atom is -0.347 e. The number of hydrogen-bond acceptors (Lipinski definition) is 4. The average molecular weight is 306 g/mol. The number of aryl methyl sites for hydroxylation is 2. The van der Waals surface area contributed by atoms with Crippen molar-refractivity contribution < 1.29 is 4.79 Å². The second-order valence-corrected chi connectivity index (χ2v) is 6.95. The lowest BCUT2D eigenvalue weighted by atomic mass is 10.2. The molecule has 1 heterocycles. The molecule has 2 aromatic rings. The number of rotatable bonds is 5. The third-order valence-electron chi connectivity index (χ3n) is 2.84. The molecule has 1 amide bonds. The van der Waals surface area contributed by atoms with E-state index in [1.54, 1.807) is 23.1 Å². The summed E-state index contributed by atoms with van der Waals surface area (Å²) in [6, 6.07) is 7.73. The van der Waals surface area contributed by atoms with Crippen LogP contribution in [0.3, 0.4) is 0 Å². The van der Waals surface area contributed by atoms with Gasteiger partial charge in [-0.15, -0.1) is 23.1 Å². The van der Waals surface area contributed by atoms with Crippen molar-refractivity contribution in [2.45, 2.75) is 32.2 Å². The van der Waals surface area contributed by atoms with E-state index in [4.69, 9.17) is 0 Å². The topological polar surface area (TPSA) is 42.0 Å². The fourth-order valence-corrected chi connectivity index (χ4v) is 3.61. The van der Waals surface area contributed by atoms with Crippen molar-refractivity contribution in [2.75, 3.05) is 5.75 Å². The van der Waals surface area contributed by atoms with E-state index in [9.17, 15) is 4.79 Å². The van der Waals surface area contributed by atoms with E-state index in [1.807, 2.05) is 38.1 Å². The first-order valence-electron chi connectivity index (χ1n) is 6.54. The molecular weight excluding hydrogens is 288 g/mol. The molecule has 3 nitrogen and oxygen atoms in total. The molecule has 0 saturated carbocycles. The van der Waals surface area contributed by atoms with E-state index in [0.29, 0.717) is 6.54 Å². The van der Waals surface area contributed by atoms with Crippen LogP contribution in [-0.2, 0) is 6.54 Å². The first-order valence-corrected chi connectivity index (χ1v) is 8.35. The molecule has 0 unspecified atom stereocenters. The van der Waals surface area contributed by atoms with Gasteiger partial charge in [-0.25, -0.2) is 4.98 Å². The van der Waals surface area contributed by atoms with Gasteiger partial charge in [0.25, 0.3) is 5.91 Å². The summed E-state index contributed by atoms with van der Waals surface area (Å²) < 4.78 is 0. The molecule has 0 aliphatic heterocycles. The van der Waals surface area contributed by atoms with Gasteiger partial charge in [0.05, 0.1) is 22.8 Å². The summed E-state index contributed by atoms with van der Waals surface area (Å²) >= 11 is 3.32. The van der Waals surface area contributed by atoms with Gasteiger partial charge in [-0.1, -0.05) is 19.1 Å². The minimum absolute atomic E-state index is 0.0213. The molecule has 0 bridgehead atoms. The fourth-order valence-electron chi connectivity index (χ4n) is 1.93. The maximum atomic E-state index is 12.3. The molecule has 0 radical (unpaired) electrons. The highest BCUT2D eigenvalue weighted by atomic mass is 32.2. The van der Waals surface area contributed by atoms with Crippen LogP contribution in [0.15, 0.2) is 29.2 Å². The largest absolute Gasteiger partial charge is 0.347 e. The van der Waals surface area contributed by atoms with Crippen molar-refractivity contribution in [1.29, 1.82) is 0 Å². The first kappa shape index (κ1) is 15.1. The van der Waals surface area contributed by atoms with Crippen molar-refractivity contribution >= 4 is 29.0 Å². The summed E-state index contributed by atoms with van der Waals surface area (Å²) in [5.74, 6) is 0.935. The molecule has 20 heavy (non-hydrogen) atoms. The van der Waals surface area contributed by atoms with Crippen LogP contribution in [0.25, 0.3) is 0 Å². The van der Waals surface area contributed by atoms with E-state index in [-0.39, 0.29) is 5.91 Å². The second-order valence-electron chi connectivity index (χ2n) is 4.35. The third kappa shape index (κ3) is 3.61. The molecule has 0 aliphatic carbocycles. The molecule has 1 N–H and O–H groups in total. The maximum Gasteiger partial charge on any atom is 0.252 e. The summed E-state index contributed by atoms with van der Waals surface area (Å²) in [7, 11) is 0. The molecule has 1 aromatic heterocycles. The van der Waals surface area contributed by atoms with E-state index in [1.165, 1.54) is 0 Å². The van der Waals surface area contributed by atoms with Crippen LogP contribution in [0, 0.1) is 13.8 Å². The Kier molecular flexibility index (Phi) is 5.20. The van der Waals surface area contributed by atoms with Gasteiger partial charge < -0.3 is 5.32 Å². The van der Waals surface area contributed by atoms with Crippen LogP contribution < -0.4 is 5.32 Å². The lowest BCUT2D eigenvalue weighted by Crippen LogP contribution is -2.23. The molecule has 0 fully saturated rings. The highest BCUT2D eigenvalue weighted by molar-refractivity contribution is 7.99. The Hall–Kier alpha value is -1.33. The molecule has 0 spiro atoms. The van der Waals surface area contributed by atoms with E-state index in [2.05, 4.69) is 17.2 Å². The number of benzene rings is 1. The highest BCUT2D eigenvalue weighted by Crippen LogP contribution is 2.22. The monoisotopic (exact) mass is 306 g/mol. The number of nitrogens with zero attached hydrogens (tertiary/aromatic N) is 1. The molecule has 2 rings (SSSR count). The van der Waals surface area contributed by atoms with Crippen molar-refractivity contribution in [3.63, 3.8) is 0 Å². The van der Waals surface area contributed by atoms with Crippen LogP contribution in [0.2, 0.25) is 0 Å². The highest BCUT2D eigenvalue weighted by Gasteiger charge is 2.12. The number of nitrogens with one attached hydrogen (secondary N) is 1.